The van der Waals surface area contributed by atoms with Crippen molar-refractivity contribution < 1.29 is 4.79 Å². The number of hydrogen-bond acceptors (Lipinski definition) is 2. The molecule has 0 amide bonds. The molecule has 0 spiro atoms. The quantitative estimate of drug-likeness (QED) is 0.748. The van der Waals surface area contributed by atoms with Crippen molar-refractivity contribution in [3.63, 3.8) is 0 Å². The predicted molar refractivity (Wildman–Crippen MR) is 72.3 cm³/mol. The number of halogens is 1. The lowest BCUT2D eigenvalue weighted by Crippen LogP contribution is -2.34. The van der Waals surface area contributed by atoms with E-state index in [2.05, 4.69) is 11.8 Å². The minimum absolute atomic E-state index is 0.270. The minimum Gasteiger partial charge on any atom is -0.303 e. The van der Waals surface area contributed by atoms with Crippen LogP contribution in [0.5, 0.6) is 0 Å². The molecule has 2 nitrogen and oxygen atoms in total. The maximum absolute atomic E-state index is 10.9. The Kier molecular flexibility index (Phi) is 4.72. The van der Waals surface area contributed by atoms with Crippen molar-refractivity contribution in [3.05, 3.63) is 34.9 Å². The van der Waals surface area contributed by atoms with Gasteiger partial charge < -0.3 is 4.79 Å². The summed E-state index contributed by atoms with van der Waals surface area (Å²) in [6.07, 6.45) is 1.01. The van der Waals surface area contributed by atoms with Gasteiger partial charge in [-0.15, -0.1) is 0 Å². The Hall–Kier alpha value is -0.860. The second-order valence-electron chi connectivity index (χ2n) is 5.25. The zero-order valence-electron chi connectivity index (χ0n) is 10.9. The predicted octanol–water partition coefficient (Wildman–Crippen LogP) is 3.56. The number of rotatable bonds is 5. The largest absolute Gasteiger partial charge is 0.303 e. The molecule has 1 rings (SSSR count). The molecule has 0 heterocycles. The van der Waals surface area contributed by atoms with E-state index in [-0.39, 0.29) is 11.5 Å². The maximum Gasteiger partial charge on any atom is 0.126 e. The molecule has 1 aromatic carbocycles. The molecule has 17 heavy (non-hydrogen) atoms. The molecule has 0 saturated heterocycles. The van der Waals surface area contributed by atoms with Crippen LogP contribution in [0, 0.1) is 5.41 Å². The maximum atomic E-state index is 10.9. The van der Waals surface area contributed by atoms with Crippen molar-refractivity contribution in [2.75, 3.05) is 13.6 Å². The van der Waals surface area contributed by atoms with E-state index in [0.717, 1.165) is 17.9 Å². The van der Waals surface area contributed by atoms with Crippen LogP contribution in [0.25, 0.3) is 0 Å². The topological polar surface area (TPSA) is 20.3 Å². The van der Waals surface area contributed by atoms with Crippen LogP contribution in [0.2, 0.25) is 5.02 Å². The van der Waals surface area contributed by atoms with Gasteiger partial charge in [0.25, 0.3) is 0 Å². The molecule has 0 radical (unpaired) electrons. The highest BCUT2D eigenvalue weighted by atomic mass is 35.5. The highest BCUT2D eigenvalue weighted by molar-refractivity contribution is 6.30. The van der Waals surface area contributed by atoms with Crippen molar-refractivity contribution in [1.82, 2.24) is 4.90 Å². The smallest absolute Gasteiger partial charge is 0.126 e. The Morgan fingerprint density at radius 2 is 1.88 bits per heavy atom. The number of carbonyl (C=O) groups excluding carboxylic acids is 1. The van der Waals surface area contributed by atoms with E-state index in [1.165, 1.54) is 5.56 Å². The fraction of sp³-hybridized carbons (Fsp3) is 0.500. The van der Waals surface area contributed by atoms with Crippen LogP contribution >= 0.6 is 11.6 Å². The van der Waals surface area contributed by atoms with E-state index in [1.54, 1.807) is 0 Å². The van der Waals surface area contributed by atoms with E-state index >= 15 is 0 Å². The second-order valence-corrected chi connectivity index (χ2v) is 5.69. The van der Waals surface area contributed by atoms with Gasteiger partial charge in [0.05, 0.1) is 0 Å². The minimum atomic E-state index is -0.310. The van der Waals surface area contributed by atoms with Crippen LogP contribution in [0.15, 0.2) is 24.3 Å². The lowest BCUT2D eigenvalue weighted by Gasteiger charge is -2.30. The first-order chi connectivity index (χ1) is 7.85. The first kappa shape index (κ1) is 14.2. The van der Waals surface area contributed by atoms with Crippen LogP contribution in [0.1, 0.15) is 32.4 Å². The van der Waals surface area contributed by atoms with Crippen LogP contribution in [0.4, 0.5) is 0 Å². The number of nitrogens with zero attached hydrogens (tertiary/aromatic N) is 1. The summed E-state index contributed by atoms with van der Waals surface area (Å²) in [6, 6.07) is 8.11. The first-order valence-corrected chi connectivity index (χ1v) is 6.15. The highest BCUT2D eigenvalue weighted by Crippen LogP contribution is 2.24. The fourth-order valence-electron chi connectivity index (χ4n) is 1.81. The summed E-state index contributed by atoms with van der Waals surface area (Å²) >= 11 is 5.86. The molecule has 1 atom stereocenters. The molecule has 0 aliphatic carbocycles. The molecule has 0 aliphatic heterocycles. The fourth-order valence-corrected chi connectivity index (χ4v) is 1.94. The molecule has 1 unspecified atom stereocenters. The van der Waals surface area contributed by atoms with Crippen molar-refractivity contribution in [2.24, 2.45) is 5.41 Å². The zero-order chi connectivity index (χ0) is 13.1. The number of hydrogen-bond donors (Lipinski definition) is 0. The van der Waals surface area contributed by atoms with Crippen molar-refractivity contribution in [2.45, 2.75) is 26.8 Å². The lowest BCUT2D eigenvalue weighted by atomic mass is 9.94. The van der Waals surface area contributed by atoms with Gasteiger partial charge in [0.15, 0.2) is 0 Å². The van der Waals surface area contributed by atoms with Gasteiger partial charge in [-0.2, -0.15) is 0 Å². The summed E-state index contributed by atoms with van der Waals surface area (Å²) in [5.41, 5.74) is 0.897. The zero-order valence-corrected chi connectivity index (χ0v) is 11.7. The summed E-state index contributed by atoms with van der Waals surface area (Å²) in [5, 5.41) is 0.747. The van der Waals surface area contributed by atoms with Crippen molar-refractivity contribution >= 4 is 17.9 Å². The molecule has 94 valence electrons. The molecule has 3 heteroatoms. The van der Waals surface area contributed by atoms with E-state index in [9.17, 15) is 4.79 Å². The van der Waals surface area contributed by atoms with Gasteiger partial charge in [0.1, 0.15) is 6.29 Å². The molecular formula is C14H20ClNO. The summed E-state index contributed by atoms with van der Waals surface area (Å²) in [7, 11) is 2.03. The van der Waals surface area contributed by atoms with E-state index in [0.29, 0.717) is 0 Å². The Morgan fingerprint density at radius 3 is 2.35 bits per heavy atom. The summed E-state index contributed by atoms with van der Waals surface area (Å²) < 4.78 is 0. The van der Waals surface area contributed by atoms with Gasteiger partial charge in [-0.25, -0.2) is 0 Å². The monoisotopic (exact) mass is 253 g/mol. The van der Waals surface area contributed by atoms with Gasteiger partial charge in [0, 0.05) is 23.0 Å². The van der Waals surface area contributed by atoms with Crippen LogP contribution in [0.3, 0.4) is 0 Å². The molecule has 1 aromatic rings. The van der Waals surface area contributed by atoms with Crippen molar-refractivity contribution in [1.29, 1.82) is 0 Å². The van der Waals surface area contributed by atoms with E-state index < -0.39 is 0 Å². The summed E-state index contributed by atoms with van der Waals surface area (Å²) in [6.45, 7) is 6.76. The van der Waals surface area contributed by atoms with E-state index in [4.69, 9.17) is 11.6 Å². The number of carbonyl (C=O) groups is 1. The Bertz CT molecular complexity index is 372. The third kappa shape index (κ3) is 4.14. The Morgan fingerprint density at radius 1 is 1.35 bits per heavy atom. The molecule has 0 aliphatic rings. The average Bonchev–Trinajstić information content (AvgIpc) is 2.28. The van der Waals surface area contributed by atoms with Gasteiger partial charge in [0.2, 0.25) is 0 Å². The average molecular weight is 254 g/mol. The molecule has 0 N–H and O–H groups in total. The van der Waals surface area contributed by atoms with Gasteiger partial charge >= 0.3 is 0 Å². The van der Waals surface area contributed by atoms with Crippen molar-refractivity contribution in [3.8, 4) is 0 Å². The SMILES string of the molecule is CC(c1ccc(Cl)cc1)N(C)CC(C)(C)C=O. The van der Waals surface area contributed by atoms with Crippen LogP contribution in [-0.4, -0.2) is 24.8 Å². The summed E-state index contributed by atoms with van der Waals surface area (Å²) in [5.74, 6) is 0. The standard InChI is InChI=1S/C14H20ClNO/c1-11(12-5-7-13(15)8-6-12)16(4)9-14(2,3)10-17/h5-8,10-11H,9H2,1-4H3. The number of benzene rings is 1. The molecular weight excluding hydrogens is 234 g/mol. The van der Waals surface area contributed by atoms with Crippen LogP contribution < -0.4 is 0 Å². The van der Waals surface area contributed by atoms with Gasteiger partial charge in [-0.3, -0.25) is 4.90 Å². The Labute approximate surface area is 109 Å². The lowest BCUT2D eigenvalue weighted by molar-refractivity contribution is -0.115. The molecule has 0 bridgehead atoms. The Balaban J connectivity index is 2.72. The molecule has 0 fully saturated rings. The number of aldehydes is 1. The van der Waals surface area contributed by atoms with Crippen LogP contribution in [-0.2, 0) is 4.79 Å². The van der Waals surface area contributed by atoms with Gasteiger partial charge in [-0.05, 0) is 31.7 Å². The normalized spacial score (nSPS) is 13.8. The summed E-state index contributed by atoms with van der Waals surface area (Å²) in [4.78, 5) is 13.1. The third-order valence-electron chi connectivity index (χ3n) is 2.99. The van der Waals surface area contributed by atoms with E-state index in [1.807, 2.05) is 45.2 Å². The highest BCUT2D eigenvalue weighted by Gasteiger charge is 2.22. The third-order valence-corrected chi connectivity index (χ3v) is 3.24. The molecule has 0 saturated carbocycles. The molecule has 0 aromatic heterocycles. The first-order valence-electron chi connectivity index (χ1n) is 5.78. The van der Waals surface area contributed by atoms with Gasteiger partial charge in [-0.1, -0.05) is 37.6 Å². The second kappa shape index (κ2) is 5.65.